The van der Waals surface area contributed by atoms with Crippen LogP contribution in [0.5, 0.6) is 0 Å². The summed E-state index contributed by atoms with van der Waals surface area (Å²) in [5.41, 5.74) is 22.1. The average molecular weight is 501 g/mol. The van der Waals surface area contributed by atoms with Crippen molar-refractivity contribution in [1.82, 2.24) is 16.0 Å². The highest BCUT2D eigenvalue weighted by molar-refractivity contribution is 5.94. The molecule has 12 N–H and O–H groups in total. The minimum Gasteiger partial charge on any atom is -0.480 e. The third-order valence-electron chi connectivity index (χ3n) is 5.41. The van der Waals surface area contributed by atoms with Crippen molar-refractivity contribution in [3.05, 3.63) is 0 Å². The minimum absolute atomic E-state index is 0.107. The van der Waals surface area contributed by atoms with Gasteiger partial charge < -0.3 is 44.0 Å². The third-order valence-corrected chi connectivity index (χ3v) is 5.41. The Labute approximate surface area is 207 Å². The van der Waals surface area contributed by atoms with E-state index in [0.717, 1.165) is 0 Å². The number of guanidine groups is 1. The van der Waals surface area contributed by atoms with E-state index in [0.29, 0.717) is 32.2 Å². The highest BCUT2D eigenvalue weighted by atomic mass is 16.4. The lowest BCUT2D eigenvalue weighted by atomic mass is 10.0. The monoisotopic (exact) mass is 500 g/mol. The molecule has 0 radical (unpaired) electrons. The molecule has 0 aliphatic heterocycles. The van der Waals surface area contributed by atoms with Crippen LogP contribution in [0.2, 0.25) is 0 Å². The molecule has 0 aliphatic rings. The van der Waals surface area contributed by atoms with Gasteiger partial charge in [-0.3, -0.25) is 19.4 Å². The summed E-state index contributed by atoms with van der Waals surface area (Å²) < 4.78 is 0. The Morgan fingerprint density at radius 1 is 0.800 bits per heavy atom. The predicted octanol–water partition coefficient (Wildman–Crippen LogP) is -1.65. The number of carboxylic acid groups (broad SMARTS) is 1. The Bertz CT molecular complexity index is 725. The van der Waals surface area contributed by atoms with Gasteiger partial charge >= 0.3 is 5.97 Å². The zero-order valence-electron chi connectivity index (χ0n) is 21.3. The van der Waals surface area contributed by atoms with Gasteiger partial charge in [0, 0.05) is 6.54 Å². The van der Waals surface area contributed by atoms with E-state index in [-0.39, 0.29) is 30.8 Å². The van der Waals surface area contributed by atoms with E-state index in [1.165, 1.54) is 0 Å². The molecule has 13 heteroatoms. The number of nitrogens with zero attached hydrogens (tertiary/aromatic N) is 1. The highest BCUT2D eigenvalue weighted by Crippen LogP contribution is 2.08. The summed E-state index contributed by atoms with van der Waals surface area (Å²) in [5, 5.41) is 17.2. The molecule has 13 nitrogen and oxygen atoms in total. The molecule has 0 aromatic rings. The molecular weight excluding hydrogens is 456 g/mol. The second-order valence-electron chi connectivity index (χ2n) is 9.19. The molecule has 0 spiro atoms. The molecule has 202 valence electrons. The van der Waals surface area contributed by atoms with Crippen molar-refractivity contribution < 1.29 is 24.3 Å². The van der Waals surface area contributed by atoms with Crippen LogP contribution in [0.3, 0.4) is 0 Å². The van der Waals surface area contributed by atoms with E-state index in [4.69, 9.17) is 22.9 Å². The van der Waals surface area contributed by atoms with Gasteiger partial charge in [0.05, 0.1) is 6.04 Å². The second kappa shape index (κ2) is 16.7. The number of carboxylic acids is 1. The van der Waals surface area contributed by atoms with Crippen molar-refractivity contribution in [2.45, 2.75) is 84.0 Å². The summed E-state index contributed by atoms with van der Waals surface area (Å²) in [7, 11) is 0. The molecule has 4 atom stereocenters. The van der Waals surface area contributed by atoms with E-state index in [9.17, 15) is 24.3 Å². The summed E-state index contributed by atoms with van der Waals surface area (Å²) in [4.78, 5) is 53.9. The van der Waals surface area contributed by atoms with Crippen molar-refractivity contribution in [2.75, 3.05) is 13.1 Å². The first-order chi connectivity index (χ1) is 16.3. The first-order valence-corrected chi connectivity index (χ1v) is 12.0. The molecule has 0 fully saturated rings. The molecule has 0 aliphatic carbocycles. The van der Waals surface area contributed by atoms with Crippen LogP contribution in [-0.4, -0.2) is 72.0 Å². The van der Waals surface area contributed by atoms with Crippen molar-refractivity contribution in [3.63, 3.8) is 0 Å². The predicted molar refractivity (Wildman–Crippen MR) is 134 cm³/mol. The minimum atomic E-state index is -1.19. The lowest BCUT2D eigenvalue weighted by molar-refractivity contribution is -0.143. The number of nitrogens with two attached hydrogens (primary N) is 4. The van der Waals surface area contributed by atoms with Gasteiger partial charge in [0.25, 0.3) is 0 Å². The first-order valence-electron chi connectivity index (χ1n) is 12.0. The van der Waals surface area contributed by atoms with Crippen LogP contribution in [0.15, 0.2) is 4.99 Å². The zero-order chi connectivity index (χ0) is 27.1. The molecule has 4 unspecified atom stereocenters. The molecular formula is C22H44N8O5. The number of hydrogen-bond donors (Lipinski definition) is 8. The molecule has 3 amide bonds. The van der Waals surface area contributed by atoms with Crippen molar-refractivity contribution >= 4 is 29.7 Å². The molecule has 35 heavy (non-hydrogen) atoms. The number of hydrogen-bond acceptors (Lipinski definition) is 7. The average Bonchev–Trinajstić information content (AvgIpc) is 2.77. The maximum Gasteiger partial charge on any atom is 0.326 e. The number of aliphatic carboxylic acids is 1. The summed E-state index contributed by atoms with van der Waals surface area (Å²) in [6, 6.07) is -3.94. The SMILES string of the molecule is CC(C)C(N)C(=O)NC(CCCCN)C(=O)NC(CCCN=C(N)N)C(=O)NC(C(=O)O)C(C)C. The Hall–Kier alpha value is -2.93. The highest BCUT2D eigenvalue weighted by Gasteiger charge is 2.31. The van der Waals surface area contributed by atoms with Gasteiger partial charge in [-0.1, -0.05) is 27.7 Å². The number of amides is 3. The second-order valence-corrected chi connectivity index (χ2v) is 9.19. The number of rotatable bonds is 17. The van der Waals surface area contributed by atoms with E-state index < -0.39 is 47.9 Å². The normalized spacial score (nSPS) is 14.5. The van der Waals surface area contributed by atoms with Crippen molar-refractivity contribution in [3.8, 4) is 0 Å². The topological polar surface area (TPSA) is 241 Å². The number of aliphatic imine (C=N–C) groups is 1. The van der Waals surface area contributed by atoms with Crippen LogP contribution >= 0.6 is 0 Å². The van der Waals surface area contributed by atoms with Gasteiger partial charge in [0.1, 0.15) is 18.1 Å². The largest absolute Gasteiger partial charge is 0.480 e. The molecule has 0 aromatic heterocycles. The maximum absolute atomic E-state index is 13.1. The van der Waals surface area contributed by atoms with Gasteiger partial charge in [0.15, 0.2) is 5.96 Å². The Morgan fingerprint density at radius 2 is 1.31 bits per heavy atom. The van der Waals surface area contributed by atoms with Gasteiger partial charge in [-0.05, 0) is 50.5 Å². The standard InChI is InChI=1S/C22H44N8O5/c1-12(2)16(24)20(33)29-14(8-5-6-10-23)18(31)28-15(9-7-11-27-22(25)26)19(32)30-17(13(3)4)21(34)35/h12-17H,5-11,23-24H2,1-4H3,(H,28,31)(H,29,33)(H,30,32)(H,34,35)(H4,25,26,27). The van der Waals surface area contributed by atoms with Crippen LogP contribution in [-0.2, 0) is 19.2 Å². The van der Waals surface area contributed by atoms with Crippen LogP contribution in [0.1, 0.15) is 59.8 Å². The number of unbranched alkanes of at least 4 members (excludes halogenated alkanes) is 1. The van der Waals surface area contributed by atoms with E-state index in [2.05, 4.69) is 20.9 Å². The Morgan fingerprint density at radius 3 is 1.77 bits per heavy atom. The molecule has 0 saturated heterocycles. The summed E-state index contributed by atoms with van der Waals surface area (Å²) >= 11 is 0. The lowest BCUT2D eigenvalue weighted by Crippen LogP contribution is -2.58. The third kappa shape index (κ3) is 12.9. The summed E-state index contributed by atoms with van der Waals surface area (Å²) in [6.07, 6.45) is 2.01. The number of carbonyl (C=O) groups is 4. The molecule has 0 rings (SSSR count). The van der Waals surface area contributed by atoms with Crippen molar-refractivity contribution in [1.29, 1.82) is 0 Å². The zero-order valence-corrected chi connectivity index (χ0v) is 21.3. The van der Waals surface area contributed by atoms with Gasteiger partial charge in [-0.15, -0.1) is 0 Å². The molecule has 0 heterocycles. The number of nitrogens with one attached hydrogen (secondary N) is 3. The molecule has 0 saturated carbocycles. The molecule has 0 bridgehead atoms. The molecule has 0 aromatic carbocycles. The smallest absolute Gasteiger partial charge is 0.326 e. The van der Waals surface area contributed by atoms with E-state index >= 15 is 0 Å². The van der Waals surface area contributed by atoms with E-state index in [1.54, 1.807) is 27.7 Å². The van der Waals surface area contributed by atoms with Crippen LogP contribution in [0, 0.1) is 11.8 Å². The summed E-state index contributed by atoms with van der Waals surface area (Å²) in [5.74, 6) is -3.53. The quantitative estimate of drug-likeness (QED) is 0.0646. The maximum atomic E-state index is 13.1. The van der Waals surface area contributed by atoms with Gasteiger partial charge in [-0.25, -0.2) is 4.79 Å². The fourth-order valence-electron chi connectivity index (χ4n) is 3.14. The van der Waals surface area contributed by atoms with Gasteiger partial charge in [-0.2, -0.15) is 0 Å². The lowest BCUT2D eigenvalue weighted by Gasteiger charge is -2.26. The first kappa shape index (κ1) is 32.1. The summed E-state index contributed by atoms with van der Waals surface area (Å²) in [6.45, 7) is 7.54. The Balaban J connectivity index is 5.62. The fraction of sp³-hybridized carbons (Fsp3) is 0.773. The van der Waals surface area contributed by atoms with Crippen LogP contribution < -0.4 is 38.9 Å². The number of carbonyl (C=O) groups excluding carboxylic acids is 3. The van der Waals surface area contributed by atoms with Crippen LogP contribution in [0.4, 0.5) is 0 Å². The fourth-order valence-corrected chi connectivity index (χ4v) is 3.14. The Kier molecular flexibility index (Phi) is 15.3. The van der Waals surface area contributed by atoms with Crippen LogP contribution in [0.25, 0.3) is 0 Å². The van der Waals surface area contributed by atoms with Crippen molar-refractivity contribution in [2.24, 2.45) is 39.8 Å². The van der Waals surface area contributed by atoms with Gasteiger partial charge in [0.2, 0.25) is 17.7 Å². The van der Waals surface area contributed by atoms with E-state index in [1.807, 2.05) is 0 Å².